The Morgan fingerprint density at radius 3 is 2.41 bits per heavy atom. The number of rotatable bonds is 4. The van der Waals surface area contributed by atoms with Gasteiger partial charge in [-0.25, -0.2) is 9.97 Å². The molecule has 0 aliphatic heterocycles. The van der Waals surface area contributed by atoms with Crippen LogP contribution in [0.1, 0.15) is 75.4 Å². The number of pyridine rings is 3. The first kappa shape index (κ1) is 29.2. The maximum Gasteiger partial charge on any atom is 0.270 e. The summed E-state index contributed by atoms with van der Waals surface area (Å²) in [7, 11) is 3.55. The van der Waals surface area contributed by atoms with Crippen molar-refractivity contribution in [3.63, 3.8) is 0 Å². The van der Waals surface area contributed by atoms with Crippen molar-refractivity contribution in [1.29, 1.82) is 10.5 Å². The lowest BCUT2D eigenvalue weighted by Gasteiger charge is -2.33. The van der Waals surface area contributed by atoms with Crippen LogP contribution in [0.3, 0.4) is 0 Å². The van der Waals surface area contributed by atoms with Crippen molar-refractivity contribution in [3.05, 3.63) is 63.1 Å². The summed E-state index contributed by atoms with van der Waals surface area (Å²) >= 11 is 0. The highest BCUT2D eigenvalue weighted by Gasteiger charge is 2.25. The molecule has 0 atom stereocenters. The highest BCUT2D eigenvalue weighted by atomic mass is 19.1. The Labute approximate surface area is 228 Å². The van der Waals surface area contributed by atoms with E-state index in [2.05, 4.69) is 21.2 Å². The Morgan fingerprint density at radius 2 is 1.82 bits per heavy atom. The molecule has 0 N–H and O–H groups in total. The molecule has 10 heteroatoms. The van der Waals surface area contributed by atoms with E-state index in [4.69, 9.17) is 10.1 Å². The van der Waals surface area contributed by atoms with Gasteiger partial charge in [-0.2, -0.15) is 14.9 Å². The predicted molar refractivity (Wildman–Crippen MR) is 149 cm³/mol. The zero-order chi connectivity index (χ0) is 28.7. The lowest BCUT2D eigenvalue weighted by Crippen LogP contribution is -2.36. The minimum absolute atomic E-state index is 0.0978. The molecule has 1 saturated carbocycles. The molecule has 0 spiro atoms. The summed E-state index contributed by atoms with van der Waals surface area (Å²) in [4.78, 5) is 27.9. The molecule has 3 aromatic rings. The van der Waals surface area contributed by atoms with Crippen molar-refractivity contribution in [3.8, 4) is 12.1 Å². The monoisotopic (exact) mass is 531 g/mol. The largest absolute Gasteiger partial charge is 0.390 e. The molecule has 204 valence electrons. The molecule has 3 aromatic heterocycles. The van der Waals surface area contributed by atoms with Gasteiger partial charge >= 0.3 is 0 Å². The van der Waals surface area contributed by atoms with E-state index in [-0.39, 0.29) is 28.5 Å². The summed E-state index contributed by atoms with van der Waals surface area (Å²) in [6, 6.07) is 10.6. The van der Waals surface area contributed by atoms with E-state index in [0.29, 0.717) is 22.4 Å². The van der Waals surface area contributed by atoms with E-state index in [1.807, 2.05) is 38.8 Å². The second kappa shape index (κ2) is 12.5. The van der Waals surface area contributed by atoms with Gasteiger partial charge in [-0.3, -0.25) is 4.79 Å². The van der Waals surface area contributed by atoms with Crippen molar-refractivity contribution < 1.29 is 9.23 Å². The first-order valence-corrected chi connectivity index (χ1v) is 12.9. The van der Waals surface area contributed by atoms with Crippen molar-refractivity contribution in [2.75, 3.05) is 11.9 Å². The van der Waals surface area contributed by atoms with Crippen LogP contribution in [0.25, 0.3) is 11.0 Å². The fraction of sp³-hybridized carbons (Fsp3) is 0.448. The Kier molecular flexibility index (Phi) is 9.37. The molecule has 0 unspecified atom stereocenters. The molecule has 1 aliphatic carbocycles. The predicted octanol–water partition coefficient (Wildman–Crippen LogP) is 5.12. The molecular formula is C29H34FN7O2. The van der Waals surface area contributed by atoms with E-state index in [1.54, 1.807) is 32.2 Å². The lowest BCUT2D eigenvalue weighted by atomic mass is 9.93. The van der Waals surface area contributed by atoms with E-state index in [1.165, 1.54) is 23.3 Å². The summed E-state index contributed by atoms with van der Waals surface area (Å²) in [5.74, 6) is -0.485. The quantitative estimate of drug-likeness (QED) is 0.260. The fourth-order valence-corrected chi connectivity index (χ4v) is 4.47. The second-order valence-electron chi connectivity index (χ2n) is 10.5. The van der Waals surface area contributed by atoms with Gasteiger partial charge in [-0.1, -0.05) is 24.4 Å². The maximum absolute atomic E-state index is 12.7. The van der Waals surface area contributed by atoms with E-state index < -0.39 is 5.95 Å². The number of fused-ring (bicyclic) bond motifs is 1. The molecule has 0 amide bonds. The third kappa shape index (κ3) is 7.17. The molecular weight excluding hydrogens is 497 g/mol. The molecule has 39 heavy (non-hydrogen) atoms. The number of aryl methyl sites for hydroxylation is 2. The van der Waals surface area contributed by atoms with Crippen LogP contribution in [-0.2, 0) is 11.9 Å². The van der Waals surface area contributed by atoms with Crippen LogP contribution in [0.2, 0.25) is 0 Å². The number of nitriles is 2. The number of nitrogens with zero attached hydrogens (tertiary/aromatic N) is 7. The molecule has 1 fully saturated rings. The van der Waals surface area contributed by atoms with Crippen molar-refractivity contribution in [2.45, 2.75) is 71.4 Å². The zero-order valence-electron chi connectivity index (χ0n) is 23.3. The molecule has 1 aliphatic rings. The Morgan fingerprint density at radius 1 is 1.13 bits per heavy atom. The van der Waals surface area contributed by atoms with Crippen LogP contribution in [0.5, 0.6) is 0 Å². The topological polar surface area (TPSA) is 120 Å². The maximum atomic E-state index is 12.7. The summed E-state index contributed by atoms with van der Waals surface area (Å²) < 4.78 is 14.1. The zero-order valence-corrected chi connectivity index (χ0v) is 23.3. The number of oxime groups is 1. The number of anilines is 1. The standard InChI is InChI=1S/C18H19N5O.C11H15FN2O/c1-22(13-6-4-3-5-7-13)17-14(11-20)18(24)23(2)15-9-8-12(10-19)21-16(15)17;1-8-9(5-6-10(12)14-8)7-13-15-11(2,3)4/h8-9,13H,3-7H2,1-2H3;5-7H,1-4H3/b;13-7-. The highest BCUT2D eigenvalue weighted by Crippen LogP contribution is 2.32. The van der Waals surface area contributed by atoms with Gasteiger partial charge in [0, 0.05) is 31.4 Å². The molecule has 4 rings (SSSR count). The Balaban J connectivity index is 0.000000242. The summed E-state index contributed by atoms with van der Waals surface area (Å²) in [5.41, 5.74) is 2.81. The van der Waals surface area contributed by atoms with Gasteiger partial charge in [-0.05, 0) is 64.8 Å². The van der Waals surface area contributed by atoms with Gasteiger partial charge in [-0.15, -0.1) is 0 Å². The average molecular weight is 532 g/mol. The summed E-state index contributed by atoms with van der Waals surface area (Å²) in [6.45, 7) is 7.43. The summed E-state index contributed by atoms with van der Waals surface area (Å²) in [5, 5.41) is 22.6. The van der Waals surface area contributed by atoms with Gasteiger partial charge in [0.25, 0.3) is 5.56 Å². The van der Waals surface area contributed by atoms with Crippen LogP contribution in [0, 0.1) is 35.5 Å². The normalized spacial score (nSPS) is 13.9. The molecule has 0 aromatic carbocycles. The van der Waals surface area contributed by atoms with Gasteiger partial charge in [0.1, 0.15) is 34.5 Å². The van der Waals surface area contributed by atoms with Crippen molar-refractivity contribution in [2.24, 2.45) is 12.2 Å². The molecule has 9 nitrogen and oxygen atoms in total. The van der Waals surface area contributed by atoms with Crippen molar-refractivity contribution in [1.82, 2.24) is 14.5 Å². The third-order valence-electron chi connectivity index (χ3n) is 6.53. The van der Waals surface area contributed by atoms with Crippen LogP contribution >= 0.6 is 0 Å². The van der Waals surface area contributed by atoms with Crippen LogP contribution in [0.15, 0.2) is 34.2 Å². The lowest BCUT2D eigenvalue weighted by molar-refractivity contribution is 0.00198. The number of hydrogen-bond acceptors (Lipinski definition) is 8. The minimum Gasteiger partial charge on any atom is -0.390 e. The van der Waals surface area contributed by atoms with Gasteiger partial charge in [0.2, 0.25) is 5.95 Å². The Hall–Kier alpha value is -4.31. The van der Waals surface area contributed by atoms with Crippen LogP contribution in [-0.4, -0.2) is 39.4 Å². The molecule has 0 bridgehead atoms. The first-order chi connectivity index (χ1) is 18.5. The van der Waals surface area contributed by atoms with Gasteiger partial charge in [0.15, 0.2) is 0 Å². The number of halogens is 1. The van der Waals surface area contributed by atoms with E-state index in [9.17, 15) is 14.4 Å². The van der Waals surface area contributed by atoms with Crippen LogP contribution in [0.4, 0.5) is 10.1 Å². The molecule has 0 radical (unpaired) electrons. The minimum atomic E-state index is -0.485. The Bertz CT molecular complexity index is 1500. The molecule has 3 heterocycles. The SMILES string of the molecule is CN(c1c(C#N)c(=O)n(C)c2ccc(C#N)nc12)C1CCCCC1.Cc1nc(F)ccc1/C=N\OC(C)(C)C. The number of aromatic nitrogens is 3. The van der Waals surface area contributed by atoms with Crippen molar-refractivity contribution >= 4 is 22.9 Å². The fourth-order valence-electron chi connectivity index (χ4n) is 4.47. The van der Waals surface area contributed by atoms with E-state index >= 15 is 0 Å². The molecule has 0 saturated heterocycles. The van der Waals surface area contributed by atoms with Crippen LogP contribution < -0.4 is 10.5 Å². The second-order valence-corrected chi connectivity index (χ2v) is 10.5. The first-order valence-electron chi connectivity index (χ1n) is 12.9. The van der Waals surface area contributed by atoms with E-state index in [0.717, 1.165) is 31.2 Å². The average Bonchev–Trinajstić information content (AvgIpc) is 2.91. The summed E-state index contributed by atoms with van der Waals surface area (Å²) in [6.07, 6.45) is 7.13. The van der Waals surface area contributed by atoms with Gasteiger partial charge in [0.05, 0.1) is 17.4 Å². The smallest absolute Gasteiger partial charge is 0.270 e. The van der Waals surface area contributed by atoms with Gasteiger partial charge < -0.3 is 14.3 Å². The third-order valence-corrected chi connectivity index (χ3v) is 6.53. The number of hydrogen-bond donors (Lipinski definition) is 0. The highest BCUT2D eigenvalue weighted by molar-refractivity contribution is 5.92.